The van der Waals surface area contributed by atoms with Crippen LogP contribution >= 0.6 is 0 Å². The van der Waals surface area contributed by atoms with Crippen LogP contribution in [0.2, 0.25) is 0 Å². The number of hydrogen-bond acceptors (Lipinski definition) is 3. The van der Waals surface area contributed by atoms with Crippen molar-refractivity contribution in [2.45, 2.75) is 58.0 Å². The lowest BCUT2D eigenvalue weighted by Crippen LogP contribution is -2.56. The van der Waals surface area contributed by atoms with E-state index in [2.05, 4.69) is 38.0 Å². The van der Waals surface area contributed by atoms with E-state index in [4.69, 9.17) is 0 Å². The van der Waals surface area contributed by atoms with E-state index < -0.39 is 0 Å². The molecular formula is C16H32N2O. The second kappa shape index (κ2) is 6.11. The second-order valence-electron chi connectivity index (χ2n) is 7.65. The molecule has 3 nitrogen and oxygen atoms in total. The van der Waals surface area contributed by atoms with Gasteiger partial charge in [0, 0.05) is 19.1 Å². The smallest absolute Gasteiger partial charge is 0.0623 e. The number of aliphatic hydroxyl groups excluding tert-OH is 1. The van der Waals surface area contributed by atoms with Gasteiger partial charge in [0.05, 0.1) is 12.1 Å². The Morgan fingerprint density at radius 3 is 2.53 bits per heavy atom. The zero-order valence-electron chi connectivity index (χ0n) is 13.2. The van der Waals surface area contributed by atoms with Gasteiger partial charge in [0.25, 0.3) is 0 Å². The Hall–Kier alpha value is -0.120. The number of nitrogens with one attached hydrogen (secondary N) is 1. The summed E-state index contributed by atoms with van der Waals surface area (Å²) in [7, 11) is 2.21. The van der Waals surface area contributed by atoms with Gasteiger partial charge in [-0.25, -0.2) is 0 Å². The van der Waals surface area contributed by atoms with Crippen molar-refractivity contribution in [3.8, 4) is 0 Å². The van der Waals surface area contributed by atoms with E-state index >= 15 is 0 Å². The number of fused-ring (bicyclic) bond motifs is 2. The highest BCUT2D eigenvalue weighted by molar-refractivity contribution is 4.93. The normalized spacial score (nSPS) is 33.3. The molecule has 3 heteroatoms. The van der Waals surface area contributed by atoms with Gasteiger partial charge in [-0.15, -0.1) is 0 Å². The zero-order chi connectivity index (χ0) is 14.0. The molecule has 2 rings (SSSR count). The van der Waals surface area contributed by atoms with Gasteiger partial charge in [-0.1, -0.05) is 20.3 Å². The highest BCUT2D eigenvalue weighted by Gasteiger charge is 2.40. The molecule has 19 heavy (non-hydrogen) atoms. The summed E-state index contributed by atoms with van der Waals surface area (Å²) in [6.07, 6.45) is 5.88. The topological polar surface area (TPSA) is 35.5 Å². The average molecular weight is 268 g/mol. The highest BCUT2D eigenvalue weighted by Crippen LogP contribution is 2.48. The summed E-state index contributed by atoms with van der Waals surface area (Å²) in [4.78, 5) is 2.43. The summed E-state index contributed by atoms with van der Waals surface area (Å²) in [5, 5.41) is 13.2. The van der Waals surface area contributed by atoms with E-state index in [1.54, 1.807) is 0 Å². The van der Waals surface area contributed by atoms with Gasteiger partial charge in [-0.2, -0.15) is 0 Å². The van der Waals surface area contributed by atoms with Gasteiger partial charge in [-0.3, -0.25) is 0 Å². The number of rotatable bonds is 7. The molecule has 2 bridgehead atoms. The Morgan fingerprint density at radius 1 is 1.32 bits per heavy atom. The van der Waals surface area contributed by atoms with Gasteiger partial charge < -0.3 is 15.3 Å². The van der Waals surface area contributed by atoms with Crippen LogP contribution in [-0.4, -0.2) is 48.3 Å². The first kappa shape index (κ1) is 15.3. The summed E-state index contributed by atoms with van der Waals surface area (Å²) in [5.74, 6) is 2.93. The van der Waals surface area contributed by atoms with E-state index in [-0.39, 0.29) is 12.1 Å². The van der Waals surface area contributed by atoms with Crippen LogP contribution in [0.15, 0.2) is 0 Å². The Balaban J connectivity index is 1.81. The molecule has 0 radical (unpaired) electrons. The molecule has 0 aliphatic heterocycles. The molecule has 0 spiro atoms. The highest BCUT2D eigenvalue weighted by atomic mass is 16.3. The molecule has 0 aromatic heterocycles. The first-order valence-electron chi connectivity index (χ1n) is 7.99. The van der Waals surface area contributed by atoms with Crippen LogP contribution in [0, 0.1) is 17.8 Å². The first-order valence-corrected chi connectivity index (χ1v) is 7.99. The van der Waals surface area contributed by atoms with Gasteiger partial charge >= 0.3 is 0 Å². The standard InChI is InChI=1S/C16H32N2O/c1-12(2)17-16(3,11-19)10-18(4)9-15-8-13-5-6-14(15)7-13/h12-15,17,19H,5-11H2,1-4H3. The van der Waals surface area contributed by atoms with Crippen molar-refractivity contribution >= 4 is 0 Å². The molecule has 4 atom stereocenters. The third kappa shape index (κ3) is 3.93. The van der Waals surface area contributed by atoms with E-state index in [0.29, 0.717) is 6.04 Å². The lowest BCUT2D eigenvalue weighted by Gasteiger charge is -2.37. The van der Waals surface area contributed by atoms with E-state index in [9.17, 15) is 5.11 Å². The fraction of sp³-hybridized carbons (Fsp3) is 1.00. The molecule has 0 amide bonds. The summed E-state index contributed by atoms with van der Waals surface area (Å²) in [6, 6.07) is 0.410. The molecule has 4 unspecified atom stereocenters. The number of hydrogen-bond donors (Lipinski definition) is 2. The fourth-order valence-corrected chi connectivity index (χ4v) is 4.50. The third-order valence-corrected chi connectivity index (χ3v) is 5.04. The van der Waals surface area contributed by atoms with E-state index in [1.165, 1.54) is 32.2 Å². The van der Waals surface area contributed by atoms with Crippen LogP contribution in [0.5, 0.6) is 0 Å². The molecule has 0 saturated heterocycles. The van der Waals surface area contributed by atoms with Crippen molar-refractivity contribution in [2.75, 3.05) is 26.7 Å². The van der Waals surface area contributed by atoms with Gasteiger partial charge in [-0.05, 0) is 51.0 Å². The van der Waals surface area contributed by atoms with Crippen LogP contribution < -0.4 is 5.32 Å². The largest absolute Gasteiger partial charge is 0.394 e. The van der Waals surface area contributed by atoms with Crippen LogP contribution in [0.4, 0.5) is 0 Å². The summed E-state index contributed by atoms with van der Waals surface area (Å²) in [5.41, 5.74) is -0.180. The van der Waals surface area contributed by atoms with Crippen LogP contribution in [0.25, 0.3) is 0 Å². The maximum atomic E-state index is 9.66. The molecule has 0 aromatic rings. The monoisotopic (exact) mass is 268 g/mol. The molecule has 2 aliphatic carbocycles. The fourth-order valence-electron chi connectivity index (χ4n) is 4.50. The SMILES string of the molecule is CC(C)NC(C)(CO)CN(C)CC1CC2CCC1C2. The van der Waals surface area contributed by atoms with Crippen LogP contribution in [0.1, 0.15) is 46.5 Å². The van der Waals surface area contributed by atoms with Gasteiger partial charge in [0.15, 0.2) is 0 Å². The Bertz CT molecular complexity index is 294. The summed E-state index contributed by atoms with van der Waals surface area (Å²) < 4.78 is 0. The summed E-state index contributed by atoms with van der Waals surface area (Å²) in [6.45, 7) is 8.75. The minimum Gasteiger partial charge on any atom is -0.394 e. The number of nitrogens with zero attached hydrogens (tertiary/aromatic N) is 1. The van der Waals surface area contributed by atoms with E-state index in [0.717, 1.165) is 24.3 Å². The van der Waals surface area contributed by atoms with Crippen LogP contribution in [0.3, 0.4) is 0 Å². The van der Waals surface area contributed by atoms with Crippen molar-refractivity contribution in [1.82, 2.24) is 10.2 Å². The van der Waals surface area contributed by atoms with Crippen molar-refractivity contribution in [1.29, 1.82) is 0 Å². The molecule has 0 heterocycles. The lowest BCUT2D eigenvalue weighted by molar-refractivity contribution is 0.110. The molecule has 112 valence electrons. The quantitative estimate of drug-likeness (QED) is 0.742. The minimum absolute atomic E-state index is 0.180. The van der Waals surface area contributed by atoms with Crippen molar-refractivity contribution in [2.24, 2.45) is 17.8 Å². The predicted octanol–water partition coefficient (Wildman–Crippen LogP) is 2.10. The Morgan fingerprint density at radius 2 is 2.05 bits per heavy atom. The summed E-state index contributed by atoms with van der Waals surface area (Å²) >= 11 is 0. The van der Waals surface area contributed by atoms with Crippen molar-refractivity contribution in [3.63, 3.8) is 0 Å². The zero-order valence-corrected chi connectivity index (χ0v) is 13.2. The average Bonchev–Trinajstić information content (AvgIpc) is 2.89. The molecule has 2 aliphatic rings. The number of aliphatic hydroxyl groups is 1. The van der Waals surface area contributed by atoms with Crippen molar-refractivity contribution in [3.05, 3.63) is 0 Å². The molecule has 2 N–H and O–H groups in total. The minimum atomic E-state index is -0.180. The van der Waals surface area contributed by atoms with Crippen LogP contribution in [-0.2, 0) is 0 Å². The van der Waals surface area contributed by atoms with Gasteiger partial charge in [0.2, 0.25) is 0 Å². The molecular weight excluding hydrogens is 236 g/mol. The molecule has 0 aromatic carbocycles. The molecule has 2 saturated carbocycles. The molecule has 2 fully saturated rings. The second-order valence-corrected chi connectivity index (χ2v) is 7.65. The Kier molecular flexibility index (Phi) is 4.91. The number of likely N-dealkylation sites (N-methyl/N-ethyl adjacent to an activating group) is 1. The maximum absolute atomic E-state index is 9.66. The third-order valence-electron chi connectivity index (χ3n) is 5.04. The lowest BCUT2D eigenvalue weighted by atomic mass is 9.88. The predicted molar refractivity (Wildman–Crippen MR) is 80.2 cm³/mol. The van der Waals surface area contributed by atoms with Gasteiger partial charge in [0.1, 0.15) is 0 Å². The van der Waals surface area contributed by atoms with Crippen molar-refractivity contribution < 1.29 is 5.11 Å². The van der Waals surface area contributed by atoms with E-state index in [1.807, 2.05) is 0 Å². The first-order chi connectivity index (χ1) is 8.92. The maximum Gasteiger partial charge on any atom is 0.0623 e. The Labute approximate surface area is 118 Å².